The third kappa shape index (κ3) is 2.44. The van der Waals surface area contributed by atoms with Crippen LogP contribution >= 0.6 is 0 Å². The normalized spacial score (nSPS) is 9.50. The third-order valence-electron chi connectivity index (χ3n) is 2.00. The molecule has 14 heavy (non-hydrogen) atoms. The van der Waals surface area contributed by atoms with Gasteiger partial charge < -0.3 is 10.4 Å². The number of nitrogens with zero attached hydrogens (tertiary/aromatic N) is 2. The van der Waals surface area contributed by atoms with Crippen molar-refractivity contribution in [2.24, 2.45) is 0 Å². The highest BCUT2D eigenvalue weighted by Gasteiger charge is 2.12. The van der Waals surface area contributed by atoms with Gasteiger partial charge in [0.2, 0.25) is 5.39 Å². The minimum absolute atomic E-state index is 0.0568. The van der Waals surface area contributed by atoms with E-state index in [-0.39, 0.29) is 6.61 Å². The van der Waals surface area contributed by atoms with E-state index in [1.807, 2.05) is 12.1 Å². The molecule has 0 saturated heterocycles. The highest BCUT2D eigenvalue weighted by Crippen LogP contribution is 2.26. The number of hydrogen-bond acceptors (Lipinski definition) is 3. The lowest BCUT2D eigenvalue weighted by Gasteiger charge is -2.02. The highest BCUT2D eigenvalue weighted by atomic mass is 16.3. The van der Waals surface area contributed by atoms with Gasteiger partial charge in [0.1, 0.15) is 5.69 Å². The summed E-state index contributed by atoms with van der Waals surface area (Å²) in [7, 11) is 0. The van der Waals surface area contributed by atoms with Crippen molar-refractivity contribution in [3.05, 3.63) is 28.7 Å². The molecule has 0 fully saturated rings. The number of anilines is 1. The number of diazo groups is 1. The summed E-state index contributed by atoms with van der Waals surface area (Å²) in [5.74, 6) is 0. The number of hydrogen-bond donors (Lipinski definition) is 2. The van der Waals surface area contributed by atoms with Crippen molar-refractivity contribution in [2.45, 2.75) is 13.3 Å². The quantitative estimate of drug-likeness (QED) is 0.718. The van der Waals surface area contributed by atoms with E-state index in [1.54, 1.807) is 6.07 Å². The average Bonchev–Trinajstić information content (AvgIpc) is 2.25. The molecule has 0 heterocycles. The Balaban J connectivity index is 2.91. The first kappa shape index (κ1) is 10.5. The van der Waals surface area contributed by atoms with Crippen molar-refractivity contribution in [3.63, 3.8) is 0 Å². The molecule has 1 rings (SSSR count). The highest BCUT2D eigenvalue weighted by molar-refractivity contribution is 5.70. The van der Waals surface area contributed by atoms with Crippen molar-refractivity contribution in [2.75, 3.05) is 18.5 Å². The van der Waals surface area contributed by atoms with E-state index in [0.29, 0.717) is 12.2 Å². The van der Waals surface area contributed by atoms with Gasteiger partial charge in [0.25, 0.3) is 0 Å². The first-order valence-corrected chi connectivity index (χ1v) is 4.64. The molecular formula is C10H14N3O+. The summed E-state index contributed by atoms with van der Waals surface area (Å²) in [5.41, 5.74) is 2.41. The predicted molar refractivity (Wildman–Crippen MR) is 56.1 cm³/mol. The zero-order valence-electron chi connectivity index (χ0n) is 8.20. The van der Waals surface area contributed by atoms with Crippen molar-refractivity contribution >= 4 is 11.4 Å². The number of nitrogens with one attached hydrogen (secondary N) is 1. The number of aliphatic hydroxyl groups is 1. The molecule has 74 valence electrons. The first-order chi connectivity index (χ1) is 6.81. The standard InChI is InChI=1S/C10H14N3O/c1-2-8-3-4-9(13-11)10(7-8)12-5-6-14/h3-4,7,12,14H,2,5-6H2,1H3/q+1. The summed E-state index contributed by atoms with van der Waals surface area (Å²) in [5, 5.41) is 20.4. The molecule has 4 heteroatoms. The van der Waals surface area contributed by atoms with Crippen molar-refractivity contribution in [1.29, 1.82) is 5.39 Å². The lowest BCUT2D eigenvalue weighted by molar-refractivity contribution is 0.311. The van der Waals surface area contributed by atoms with Crippen LogP contribution in [0.2, 0.25) is 0 Å². The van der Waals surface area contributed by atoms with Crippen LogP contribution in [0.1, 0.15) is 12.5 Å². The van der Waals surface area contributed by atoms with Gasteiger partial charge in [0, 0.05) is 12.6 Å². The van der Waals surface area contributed by atoms with Crippen LogP contribution < -0.4 is 5.32 Å². The fraction of sp³-hybridized carbons (Fsp3) is 0.400. The predicted octanol–water partition coefficient (Wildman–Crippen LogP) is 2.14. The summed E-state index contributed by atoms with van der Waals surface area (Å²) < 4.78 is 0. The number of rotatable bonds is 4. The zero-order valence-corrected chi connectivity index (χ0v) is 8.20. The smallest absolute Gasteiger partial charge is 0.395 e. The topological polar surface area (TPSA) is 60.4 Å². The minimum Gasteiger partial charge on any atom is -0.395 e. The van der Waals surface area contributed by atoms with E-state index < -0.39 is 0 Å². The van der Waals surface area contributed by atoms with Gasteiger partial charge in [-0.3, -0.25) is 0 Å². The summed E-state index contributed by atoms with van der Waals surface area (Å²) >= 11 is 0. The van der Waals surface area contributed by atoms with Gasteiger partial charge >= 0.3 is 5.69 Å². The van der Waals surface area contributed by atoms with Crippen LogP contribution in [0.3, 0.4) is 0 Å². The molecule has 0 spiro atoms. The molecule has 0 bridgehead atoms. The molecule has 0 aliphatic heterocycles. The molecular weight excluding hydrogens is 178 g/mol. The molecule has 4 nitrogen and oxygen atoms in total. The third-order valence-corrected chi connectivity index (χ3v) is 2.00. The molecule has 0 aliphatic carbocycles. The molecule has 1 aromatic carbocycles. The monoisotopic (exact) mass is 192 g/mol. The van der Waals surface area contributed by atoms with E-state index in [0.717, 1.165) is 17.7 Å². The van der Waals surface area contributed by atoms with Gasteiger partial charge in [0.15, 0.2) is 4.98 Å². The van der Waals surface area contributed by atoms with E-state index >= 15 is 0 Å². The van der Waals surface area contributed by atoms with E-state index in [1.165, 1.54) is 0 Å². The van der Waals surface area contributed by atoms with Crippen LogP contribution in [0.25, 0.3) is 4.98 Å². The first-order valence-electron chi connectivity index (χ1n) is 4.64. The fourth-order valence-corrected chi connectivity index (χ4v) is 1.22. The fourth-order valence-electron chi connectivity index (χ4n) is 1.22. The summed E-state index contributed by atoms with van der Waals surface area (Å²) in [6.45, 7) is 2.57. The Morgan fingerprint density at radius 2 is 2.29 bits per heavy atom. The summed E-state index contributed by atoms with van der Waals surface area (Å²) in [4.78, 5) is 3.15. The molecule has 0 aromatic heterocycles. The van der Waals surface area contributed by atoms with Crippen LogP contribution in [0.15, 0.2) is 18.2 Å². The van der Waals surface area contributed by atoms with Crippen molar-refractivity contribution in [3.8, 4) is 0 Å². The van der Waals surface area contributed by atoms with Gasteiger partial charge in [-0.25, -0.2) is 0 Å². The van der Waals surface area contributed by atoms with E-state index in [4.69, 9.17) is 10.5 Å². The molecule has 0 aliphatic rings. The lowest BCUT2D eigenvalue weighted by Crippen LogP contribution is -2.05. The maximum atomic E-state index is 8.70. The Kier molecular flexibility index (Phi) is 3.89. The maximum absolute atomic E-state index is 8.70. The van der Waals surface area contributed by atoms with Crippen LogP contribution in [-0.2, 0) is 6.42 Å². The maximum Gasteiger partial charge on any atom is 0.407 e. The second kappa shape index (κ2) is 5.20. The Labute approximate surface area is 83.2 Å². The van der Waals surface area contributed by atoms with E-state index in [9.17, 15) is 0 Å². The average molecular weight is 192 g/mol. The number of aryl methyl sites for hydroxylation is 1. The Bertz CT molecular complexity index is 344. The van der Waals surface area contributed by atoms with E-state index in [2.05, 4.69) is 17.2 Å². The molecule has 0 saturated carbocycles. The Hall–Kier alpha value is -1.60. The SMILES string of the molecule is CCc1ccc([N+]#N)c(NCCO)c1. The molecule has 1 aromatic rings. The molecule has 0 amide bonds. The number of aliphatic hydroxyl groups excluding tert-OH is 1. The molecule has 2 N–H and O–H groups in total. The van der Waals surface area contributed by atoms with Crippen LogP contribution in [0, 0.1) is 5.39 Å². The van der Waals surface area contributed by atoms with Gasteiger partial charge in [-0.05, 0) is 18.1 Å². The van der Waals surface area contributed by atoms with Gasteiger partial charge in [-0.2, -0.15) is 0 Å². The number of benzene rings is 1. The van der Waals surface area contributed by atoms with Crippen molar-refractivity contribution in [1.82, 2.24) is 0 Å². The molecule has 0 atom stereocenters. The largest absolute Gasteiger partial charge is 0.407 e. The molecule has 0 radical (unpaired) electrons. The van der Waals surface area contributed by atoms with Crippen LogP contribution in [0.4, 0.5) is 11.4 Å². The van der Waals surface area contributed by atoms with Gasteiger partial charge in [-0.1, -0.05) is 13.0 Å². The van der Waals surface area contributed by atoms with Crippen molar-refractivity contribution < 1.29 is 5.11 Å². The van der Waals surface area contributed by atoms with Gasteiger partial charge in [-0.15, -0.1) is 0 Å². The Morgan fingerprint density at radius 1 is 1.50 bits per heavy atom. The second-order valence-corrected chi connectivity index (χ2v) is 2.96. The van der Waals surface area contributed by atoms with Gasteiger partial charge in [0.05, 0.1) is 6.61 Å². The van der Waals surface area contributed by atoms with Crippen LogP contribution in [-0.4, -0.2) is 18.3 Å². The zero-order chi connectivity index (χ0) is 10.4. The summed E-state index contributed by atoms with van der Waals surface area (Å²) in [6, 6.07) is 5.59. The second-order valence-electron chi connectivity index (χ2n) is 2.96. The lowest BCUT2D eigenvalue weighted by atomic mass is 10.1. The Morgan fingerprint density at radius 3 is 2.86 bits per heavy atom. The minimum atomic E-state index is 0.0568. The molecule has 0 unspecified atom stereocenters. The summed E-state index contributed by atoms with van der Waals surface area (Å²) in [6.07, 6.45) is 0.930. The van der Waals surface area contributed by atoms with Crippen LogP contribution in [0.5, 0.6) is 0 Å².